The quantitative estimate of drug-likeness (QED) is 0.781. The number of aromatic nitrogens is 1. The van der Waals surface area contributed by atoms with E-state index in [1.54, 1.807) is 6.07 Å². The number of hydrogen-bond acceptors (Lipinski definition) is 4. The summed E-state index contributed by atoms with van der Waals surface area (Å²) in [5, 5.41) is 0. The second-order valence-electron chi connectivity index (χ2n) is 5.66. The van der Waals surface area contributed by atoms with Crippen LogP contribution in [0.2, 0.25) is 0 Å². The number of nitrogens with zero attached hydrogens (tertiary/aromatic N) is 1. The minimum atomic E-state index is -3.73. The number of para-hydroxylation sites is 1. The molecule has 0 unspecified atom stereocenters. The maximum atomic E-state index is 13.1. The third kappa shape index (κ3) is 2.08. The van der Waals surface area contributed by atoms with E-state index in [1.807, 2.05) is 31.2 Å². The molecule has 1 aliphatic rings. The number of H-pyrrole nitrogens is 1. The Morgan fingerprint density at radius 2 is 2.00 bits per heavy atom. The standard InChI is InChI=1S/C16H14N2O4S/c1-10-8-11-4-2-3-5-14(11)18(10)23(20,21)12-6-7-13-15(9-12)22-16(19)17-13/h2-7,9-10H,8H2,1H3,(H,17,19)/t10-/m0/s1. The largest absolute Gasteiger partial charge is 0.417 e. The Morgan fingerprint density at radius 3 is 2.83 bits per heavy atom. The van der Waals surface area contributed by atoms with Gasteiger partial charge in [0.15, 0.2) is 5.58 Å². The van der Waals surface area contributed by atoms with E-state index in [-0.39, 0.29) is 16.5 Å². The Balaban J connectivity index is 1.87. The van der Waals surface area contributed by atoms with Gasteiger partial charge in [0.05, 0.1) is 16.1 Å². The van der Waals surface area contributed by atoms with E-state index in [1.165, 1.54) is 16.4 Å². The number of hydrogen-bond donors (Lipinski definition) is 1. The monoisotopic (exact) mass is 330 g/mol. The van der Waals surface area contributed by atoms with Gasteiger partial charge >= 0.3 is 5.76 Å². The molecule has 3 aromatic rings. The second kappa shape index (κ2) is 4.73. The molecule has 0 spiro atoms. The number of rotatable bonds is 2. The van der Waals surface area contributed by atoms with Gasteiger partial charge in [0.2, 0.25) is 0 Å². The molecule has 2 aromatic carbocycles. The van der Waals surface area contributed by atoms with Gasteiger partial charge in [-0.2, -0.15) is 0 Å². The van der Waals surface area contributed by atoms with Gasteiger partial charge in [0.25, 0.3) is 10.0 Å². The molecule has 1 aliphatic heterocycles. The second-order valence-corrected chi connectivity index (χ2v) is 7.47. The smallest absolute Gasteiger partial charge is 0.408 e. The van der Waals surface area contributed by atoms with Crippen molar-refractivity contribution in [3.8, 4) is 0 Å². The van der Waals surface area contributed by atoms with E-state index in [0.29, 0.717) is 17.6 Å². The first-order chi connectivity index (χ1) is 11.0. The molecular formula is C16H14N2O4S. The number of sulfonamides is 1. The van der Waals surface area contributed by atoms with Crippen molar-refractivity contribution >= 4 is 26.8 Å². The number of aromatic amines is 1. The average Bonchev–Trinajstić information content (AvgIpc) is 3.04. The average molecular weight is 330 g/mol. The van der Waals surface area contributed by atoms with Crippen molar-refractivity contribution in [2.75, 3.05) is 4.31 Å². The molecule has 7 heteroatoms. The van der Waals surface area contributed by atoms with Crippen LogP contribution in [-0.2, 0) is 16.4 Å². The van der Waals surface area contributed by atoms with Crippen LogP contribution in [0.5, 0.6) is 0 Å². The summed E-state index contributed by atoms with van der Waals surface area (Å²) in [4.78, 5) is 13.8. The number of anilines is 1. The highest BCUT2D eigenvalue weighted by Gasteiger charge is 2.36. The Kier molecular flexibility index (Phi) is 2.89. The molecule has 0 saturated carbocycles. The first-order valence-corrected chi connectivity index (χ1v) is 8.66. The molecule has 0 amide bonds. The predicted molar refractivity (Wildman–Crippen MR) is 86.1 cm³/mol. The molecular weight excluding hydrogens is 316 g/mol. The van der Waals surface area contributed by atoms with Crippen LogP contribution in [0.25, 0.3) is 11.1 Å². The van der Waals surface area contributed by atoms with Gasteiger partial charge in [-0.25, -0.2) is 13.2 Å². The third-order valence-electron chi connectivity index (χ3n) is 4.09. The van der Waals surface area contributed by atoms with E-state index in [9.17, 15) is 13.2 Å². The number of fused-ring (bicyclic) bond motifs is 2. The summed E-state index contributed by atoms with van der Waals surface area (Å²) in [6.45, 7) is 1.88. The fourth-order valence-electron chi connectivity index (χ4n) is 3.10. The van der Waals surface area contributed by atoms with E-state index in [2.05, 4.69) is 4.98 Å². The van der Waals surface area contributed by atoms with Crippen LogP contribution in [0.4, 0.5) is 5.69 Å². The molecule has 1 atom stereocenters. The van der Waals surface area contributed by atoms with Crippen LogP contribution in [0.1, 0.15) is 12.5 Å². The highest BCUT2D eigenvalue weighted by molar-refractivity contribution is 7.92. The summed E-state index contributed by atoms with van der Waals surface area (Å²) in [6.07, 6.45) is 0.677. The summed E-state index contributed by atoms with van der Waals surface area (Å²) in [6, 6.07) is 11.7. The number of benzene rings is 2. The van der Waals surface area contributed by atoms with Crippen LogP contribution in [0.3, 0.4) is 0 Å². The zero-order valence-corrected chi connectivity index (χ0v) is 13.1. The highest BCUT2D eigenvalue weighted by atomic mass is 32.2. The molecule has 118 valence electrons. The van der Waals surface area contributed by atoms with Gasteiger partial charge in [-0.3, -0.25) is 9.29 Å². The summed E-state index contributed by atoms with van der Waals surface area (Å²) >= 11 is 0. The molecule has 6 nitrogen and oxygen atoms in total. The molecule has 0 fully saturated rings. The zero-order valence-electron chi connectivity index (χ0n) is 12.3. The zero-order chi connectivity index (χ0) is 16.2. The van der Waals surface area contributed by atoms with Crippen LogP contribution in [0, 0.1) is 0 Å². The fourth-order valence-corrected chi connectivity index (χ4v) is 4.81. The molecule has 1 aromatic heterocycles. The van der Waals surface area contributed by atoms with E-state index >= 15 is 0 Å². The lowest BCUT2D eigenvalue weighted by molar-refractivity contribution is 0.553. The summed E-state index contributed by atoms with van der Waals surface area (Å²) in [5.41, 5.74) is 2.42. The van der Waals surface area contributed by atoms with Crippen molar-refractivity contribution in [2.45, 2.75) is 24.3 Å². The van der Waals surface area contributed by atoms with Crippen LogP contribution >= 0.6 is 0 Å². The van der Waals surface area contributed by atoms with Gasteiger partial charge in [-0.15, -0.1) is 0 Å². The van der Waals surface area contributed by atoms with Crippen LogP contribution in [-0.4, -0.2) is 19.4 Å². The van der Waals surface area contributed by atoms with Crippen molar-refractivity contribution < 1.29 is 12.8 Å². The van der Waals surface area contributed by atoms with Crippen molar-refractivity contribution in [3.05, 3.63) is 58.6 Å². The molecule has 0 bridgehead atoms. The fraction of sp³-hybridized carbons (Fsp3) is 0.188. The van der Waals surface area contributed by atoms with Gasteiger partial charge in [-0.1, -0.05) is 18.2 Å². The lowest BCUT2D eigenvalue weighted by Crippen LogP contribution is -2.35. The Hall–Kier alpha value is -2.54. The van der Waals surface area contributed by atoms with E-state index in [4.69, 9.17) is 4.42 Å². The topological polar surface area (TPSA) is 83.4 Å². The normalized spacial score (nSPS) is 17.6. The number of nitrogens with one attached hydrogen (secondary N) is 1. The molecule has 2 heterocycles. The molecule has 0 radical (unpaired) electrons. The summed E-state index contributed by atoms with van der Waals surface area (Å²) < 4.78 is 32.5. The van der Waals surface area contributed by atoms with Crippen LogP contribution in [0.15, 0.2) is 56.6 Å². The van der Waals surface area contributed by atoms with Crippen molar-refractivity contribution in [1.29, 1.82) is 0 Å². The van der Waals surface area contributed by atoms with Crippen molar-refractivity contribution in [3.63, 3.8) is 0 Å². The first kappa shape index (κ1) is 14.1. The molecule has 23 heavy (non-hydrogen) atoms. The van der Waals surface area contributed by atoms with Gasteiger partial charge < -0.3 is 4.42 Å². The molecule has 1 N–H and O–H groups in total. The Labute approximate surface area is 132 Å². The minimum Gasteiger partial charge on any atom is -0.408 e. The van der Waals surface area contributed by atoms with Gasteiger partial charge in [-0.05, 0) is 37.1 Å². The van der Waals surface area contributed by atoms with Gasteiger partial charge in [0.1, 0.15) is 0 Å². The molecule has 4 rings (SSSR count). The number of oxazole rings is 1. The Morgan fingerprint density at radius 1 is 1.22 bits per heavy atom. The van der Waals surface area contributed by atoms with Crippen molar-refractivity contribution in [2.24, 2.45) is 0 Å². The maximum Gasteiger partial charge on any atom is 0.417 e. The SMILES string of the molecule is C[C@H]1Cc2ccccc2N1S(=O)(=O)c1ccc2[nH]c(=O)oc2c1. The minimum absolute atomic E-state index is 0.108. The summed E-state index contributed by atoms with van der Waals surface area (Å²) in [5.74, 6) is -0.602. The van der Waals surface area contributed by atoms with E-state index < -0.39 is 15.8 Å². The lowest BCUT2D eigenvalue weighted by Gasteiger charge is -2.24. The lowest BCUT2D eigenvalue weighted by atomic mass is 10.1. The predicted octanol–water partition coefficient (Wildman–Crippen LogP) is 2.26. The third-order valence-corrected chi connectivity index (χ3v) is 6.02. The summed E-state index contributed by atoms with van der Waals surface area (Å²) in [7, 11) is -3.73. The molecule has 0 aliphatic carbocycles. The van der Waals surface area contributed by atoms with E-state index in [0.717, 1.165) is 5.56 Å². The highest BCUT2D eigenvalue weighted by Crippen LogP contribution is 2.36. The molecule has 0 saturated heterocycles. The first-order valence-electron chi connectivity index (χ1n) is 7.22. The van der Waals surface area contributed by atoms with Crippen molar-refractivity contribution in [1.82, 2.24) is 4.98 Å². The Bertz CT molecular complexity index is 1060. The maximum absolute atomic E-state index is 13.1. The van der Waals surface area contributed by atoms with Gasteiger partial charge in [0, 0.05) is 12.1 Å². The van der Waals surface area contributed by atoms with Crippen LogP contribution < -0.4 is 10.1 Å².